The largest absolute Gasteiger partial charge is 0.378 e. The van der Waals surface area contributed by atoms with E-state index in [1.807, 2.05) is 0 Å². The molecule has 78 valence electrons. The number of nitrogens with two attached hydrogens (primary N) is 1. The van der Waals surface area contributed by atoms with Gasteiger partial charge in [-0.1, -0.05) is 11.6 Å². The maximum absolute atomic E-state index is 5.86. The SMILES string of the molecule is NC1C=C(Cl)NC(N2CCOCC2)=N1. The van der Waals surface area contributed by atoms with E-state index in [0.29, 0.717) is 5.16 Å². The van der Waals surface area contributed by atoms with Crippen LogP contribution in [0.5, 0.6) is 0 Å². The summed E-state index contributed by atoms with van der Waals surface area (Å²) in [5, 5.41) is 3.52. The first-order valence-electron chi connectivity index (χ1n) is 4.56. The van der Waals surface area contributed by atoms with Crippen LogP contribution in [0.2, 0.25) is 0 Å². The standard InChI is InChI=1S/C8H13ClN4O/c9-6-5-7(10)12-8(11-6)13-1-3-14-4-2-13/h5,7H,1-4,10H2,(H,11,12). The molecule has 2 aliphatic rings. The average Bonchev–Trinajstić information content (AvgIpc) is 2.18. The molecule has 0 amide bonds. The molecule has 0 aliphatic carbocycles. The highest BCUT2D eigenvalue weighted by Gasteiger charge is 2.19. The summed E-state index contributed by atoms with van der Waals surface area (Å²) >= 11 is 5.86. The summed E-state index contributed by atoms with van der Waals surface area (Å²) in [7, 11) is 0. The van der Waals surface area contributed by atoms with Crippen LogP contribution in [0.3, 0.4) is 0 Å². The van der Waals surface area contributed by atoms with Crippen LogP contribution in [-0.2, 0) is 4.74 Å². The Morgan fingerprint density at radius 2 is 2.29 bits per heavy atom. The zero-order chi connectivity index (χ0) is 9.97. The van der Waals surface area contributed by atoms with Crippen molar-refractivity contribution in [1.29, 1.82) is 0 Å². The van der Waals surface area contributed by atoms with Crippen molar-refractivity contribution >= 4 is 17.6 Å². The third-order valence-electron chi connectivity index (χ3n) is 2.13. The number of rotatable bonds is 0. The minimum atomic E-state index is -0.346. The fourth-order valence-corrected chi connectivity index (χ4v) is 1.66. The first-order chi connectivity index (χ1) is 6.75. The van der Waals surface area contributed by atoms with Gasteiger partial charge < -0.3 is 20.7 Å². The van der Waals surface area contributed by atoms with Gasteiger partial charge in [0.25, 0.3) is 0 Å². The predicted octanol–water partition coefficient (Wildman–Crippen LogP) is -0.357. The van der Waals surface area contributed by atoms with Gasteiger partial charge in [-0.05, 0) is 6.08 Å². The lowest BCUT2D eigenvalue weighted by Crippen LogP contribution is -2.48. The molecule has 0 radical (unpaired) electrons. The molecule has 6 heteroatoms. The summed E-state index contributed by atoms with van der Waals surface area (Å²) < 4.78 is 5.24. The summed E-state index contributed by atoms with van der Waals surface area (Å²) in [6, 6.07) is 0. The number of hydrogen-bond donors (Lipinski definition) is 2. The summed E-state index contributed by atoms with van der Waals surface area (Å²) in [5.74, 6) is 0.744. The lowest BCUT2D eigenvalue weighted by Gasteiger charge is -2.31. The van der Waals surface area contributed by atoms with Gasteiger partial charge in [0.05, 0.1) is 13.2 Å². The number of nitrogens with zero attached hydrogens (tertiary/aromatic N) is 2. The van der Waals surface area contributed by atoms with Crippen LogP contribution in [0.15, 0.2) is 16.2 Å². The molecule has 5 nitrogen and oxygen atoms in total. The molecule has 0 aromatic rings. The lowest BCUT2D eigenvalue weighted by atomic mass is 10.4. The summed E-state index contributed by atoms with van der Waals surface area (Å²) in [5.41, 5.74) is 5.68. The summed E-state index contributed by atoms with van der Waals surface area (Å²) in [4.78, 5) is 6.33. The fraction of sp³-hybridized carbons (Fsp3) is 0.625. The lowest BCUT2D eigenvalue weighted by molar-refractivity contribution is 0.0666. The van der Waals surface area contributed by atoms with Gasteiger partial charge in [0.15, 0.2) is 0 Å². The Labute approximate surface area is 87.6 Å². The van der Waals surface area contributed by atoms with Crippen LogP contribution in [-0.4, -0.2) is 43.3 Å². The van der Waals surface area contributed by atoms with Gasteiger partial charge >= 0.3 is 0 Å². The second kappa shape index (κ2) is 4.16. The second-order valence-corrected chi connectivity index (χ2v) is 3.59. The van der Waals surface area contributed by atoms with Crippen LogP contribution in [0, 0.1) is 0 Å². The van der Waals surface area contributed by atoms with Crippen molar-refractivity contribution in [3.8, 4) is 0 Å². The number of morpholine rings is 1. The Morgan fingerprint density at radius 1 is 1.57 bits per heavy atom. The summed E-state index contributed by atoms with van der Waals surface area (Å²) in [6.45, 7) is 3.08. The van der Waals surface area contributed by atoms with Crippen molar-refractivity contribution in [2.24, 2.45) is 10.7 Å². The highest BCUT2D eigenvalue weighted by molar-refractivity contribution is 6.30. The van der Waals surface area contributed by atoms with Gasteiger partial charge in [0, 0.05) is 13.1 Å². The van der Waals surface area contributed by atoms with Crippen LogP contribution in [0.1, 0.15) is 0 Å². The zero-order valence-electron chi connectivity index (χ0n) is 7.74. The number of nitrogens with one attached hydrogen (secondary N) is 1. The Hall–Kier alpha value is -0.780. The smallest absolute Gasteiger partial charge is 0.201 e. The van der Waals surface area contributed by atoms with Crippen LogP contribution < -0.4 is 11.1 Å². The Kier molecular flexibility index (Phi) is 2.90. The molecule has 0 aromatic carbocycles. The van der Waals surface area contributed by atoms with E-state index in [1.165, 1.54) is 0 Å². The highest BCUT2D eigenvalue weighted by Crippen LogP contribution is 2.08. The van der Waals surface area contributed by atoms with Crippen LogP contribution in [0.25, 0.3) is 0 Å². The molecule has 14 heavy (non-hydrogen) atoms. The van der Waals surface area contributed by atoms with Crippen molar-refractivity contribution in [2.45, 2.75) is 6.17 Å². The molecule has 1 unspecified atom stereocenters. The number of guanidine groups is 1. The van der Waals surface area contributed by atoms with Crippen molar-refractivity contribution in [3.63, 3.8) is 0 Å². The van der Waals surface area contributed by atoms with Gasteiger partial charge in [-0.3, -0.25) is 0 Å². The van der Waals surface area contributed by atoms with E-state index >= 15 is 0 Å². The number of aliphatic imine (C=N–C) groups is 1. The average molecular weight is 217 g/mol. The molecule has 1 saturated heterocycles. The Bertz CT molecular complexity index is 273. The van der Waals surface area contributed by atoms with Crippen LogP contribution in [0.4, 0.5) is 0 Å². The summed E-state index contributed by atoms with van der Waals surface area (Å²) in [6.07, 6.45) is 1.33. The Morgan fingerprint density at radius 3 is 2.93 bits per heavy atom. The number of hydrogen-bond acceptors (Lipinski definition) is 5. The third kappa shape index (κ3) is 2.17. The van der Waals surface area contributed by atoms with Crippen molar-refractivity contribution in [3.05, 3.63) is 11.2 Å². The minimum absolute atomic E-state index is 0.346. The minimum Gasteiger partial charge on any atom is -0.378 e. The molecular weight excluding hydrogens is 204 g/mol. The highest BCUT2D eigenvalue weighted by atomic mass is 35.5. The van der Waals surface area contributed by atoms with E-state index in [2.05, 4.69) is 15.2 Å². The second-order valence-electron chi connectivity index (χ2n) is 3.18. The molecule has 0 bridgehead atoms. The van der Waals surface area contributed by atoms with E-state index in [-0.39, 0.29) is 6.17 Å². The van der Waals surface area contributed by atoms with Gasteiger partial charge in [-0.25, -0.2) is 4.99 Å². The number of halogens is 1. The van der Waals surface area contributed by atoms with Crippen molar-refractivity contribution in [2.75, 3.05) is 26.3 Å². The van der Waals surface area contributed by atoms with E-state index in [0.717, 1.165) is 32.3 Å². The van der Waals surface area contributed by atoms with Gasteiger partial charge in [-0.15, -0.1) is 0 Å². The van der Waals surface area contributed by atoms with E-state index in [9.17, 15) is 0 Å². The normalized spacial score (nSPS) is 27.9. The van der Waals surface area contributed by atoms with E-state index in [1.54, 1.807) is 6.08 Å². The van der Waals surface area contributed by atoms with E-state index in [4.69, 9.17) is 22.1 Å². The molecule has 0 spiro atoms. The molecule has 2 rings (SSSR count). The van der Waals surface area contributed by atoms with Gasteiger partial charge in [-0.2, -0.15) is 0 Å². The van der Waals surface area contributed by atoms with Gasteiger partial charge in [0.1, 0.15) is 11.3 Å². The molecule has 1 fully saturated rings. The molecule has 0 aromatic heterocycles. The predicted molar refractivity (Wildman–Crippen MR) is 54.9 cm³/mol. The maximum atomic E-state index is 5.86. The maximum Gasteiger partial charge on any atom is 0.201 e. The monoisotopic (exact) mass is 216 g/mol. The quantitative estimate of drug-likeness (QED) is 0.543. The van der Waals surface area contributed by atoms with Gasteiger partial charge in [0.2, 0.25) is 5.96 Å². The first kappa shape index (κ1) is 9.76. The first-order valence-corrected chi connectivity index (χ1v) is 4.94. The molecule has 3 N–H and O–H groups in total. The molecular formula is C8H13ClN4O. The Balaban J connectivity index is 2.03. The van der Waals surface area contributed by atoms with Crippen molar-refractivity contribution in [1.82, 2.24) is 10.2 Å². The molecule has 1 atom stereocenters. The molecule has 2 aliphatic heterocycles. The topological polar surface area (TPSA) is 62.9 Å². The van der Waals surface area contributed by atoms with E-state index < -0.39 is 0 Å². The fourth-order valence-electron chi connectivity index (χ4n) is 1.45. The number of ether oxygens (including phenoxy) is 1. The third-order valence-corrected chi connectivity index (χ3v) is 2.35. The van der Waals surface area contributed by atoms with Crippen molar-refractivity contribution < 1.29 is 4.74 Å². The zero-order valence-corrected chi connectivity index (χ0v) is 8.50. The van der Waals surface area contributed by atoms with Crippen LogP contribution >= 0.6 is 11.6 Å². The molecule has 2 heterocycles. The molecule has 0 saturated carbocycles.